The Morgan fingerprint density at radius 2 is 2.00 bits per heavy atom. The summed E-state index contributed by atoms with van der Waals surface area (Å²) in [5, 5.41) is 9.02. The lowest BCUT2D eigenvalue weighted by Gasteiger charge is -2.14. The third-order valence-electron chi connectivity index (χ3n) is 1.49. The first-order chi connectivity index (χ1) is 5.11. The Bertz CT molecular complexity index is 258. The molecule has 0 unspecified atom stereocenters. The molecule has 3 heteroatoms. The van der Waals surface area contributed by atoms with Gasteiger partial charge < -0.3 is 15.7 Å². The molecule has 0 bridgehead atoms. The van der Waals surface area contributed by atoms with E-state index < -0.39 is 0 Å². The first-order valence-electron chi connectivity index (χ1n) is 3.37. The Hall–Kier alpha value is -1.38. The Kier molecular flexibility index (Phi) is 1.89. The van der Waals surface area contributed by atoms with E-state index in [4.69, 9.17) is 10.8 Å². The lowest BCUT2D eigenvalue weighted by Crippen LogP contribution is -2.10. The van der Waals surface area contributed by atoms with Crippen molar-refractivity contribution in [2.24, 2.45) is 0 Å². The minimum atomic E-state index is 0.202. The molecule has 0 fully saturated rings. The maximum Gasteiger partial charge on any atom is 0.117 e. The molecule has 0 heterocycles. The fraction of sp³-hybridized carbons (Fsp3) is 0.250. The third kappa shape index (κ3) is 1.55. The smallest absolute Gasteiger partial charge is 0.117 e. The van der Waals surface area contributed by atoms with E-state index in [2.05, 4.69) is 0 Å². The number of nitrogen functional groups attached to an aromatic ring is 1. The van der Waals surface area contributed by atoms with Gasteiger partial charge in [0, 0.05) is 20.2 Å². The zero-order valence-electron chi connectivity index (χ0n) is 6.70. The average molecular weight is 152 g/mol. The maximum atomic E-state index is 9.02. The molecule has 1 rings (SSSR count). The highest BCUT2D eigenvalue weighted by Gasteiger charge is 2.00. The fourth-order valence-corrected chi connectivity index (χ4v) is 0.949. The second-order valence-corrected chi connectivity index (χ2v) is 2.64. The van der Waals surface area contributed by atoms with Gasteiger partial charge in [0.2, 0.25) is 0 Å². The van der Waals surface area contributed by atoms with Gasteiger partial charge in [-0.1, -0.05) is 0 Å². The van der Waals surface area contributed by atoms with Crippen molar-refractivity contribution in [2.45, 2.75) is 0 Å². The number of anilines is 2. The predicted molar refractivity (Wildman–Crippen MR) is 46.8 cm³/mol. The highest BCUT2D eigenvalue weighted by molar-refractivity contribution is 5.68. The molecule has 3 nitrogen and oxygen atoms in total. The molecule has 3 N–H and O–H groups in total. The van der Waals surface area contributed by atoms with Crippen molar-refractivity contribution in [1.82, 2.24) is 0 Å². The zero-order valence-corrected chi connectivity index (χ0v) is 6.70. The van der Waals surface area contributed by atoms with Crippen LogP contribution >= 0.6 is 0 Å². The normalized spacial score (nSPS) is 9.64. The van der Waals surface area contributed by atoms with Crippen LogP contribution in [0.4, 0.5) is 11.4 Å². The van der Waals surface area contributed by atoms with Crippen LogP contribution in [0.5, 0.6) is 5.75 Å². The first kappa shape index (κ1) is 7.72. The molecular weight excluding hydrogens is 140 g/mol. The van der Waals surface area contributed by atoms with Crippen molar-refractivity contribution < 1.29 is 5.11 Å². The highest BCUT2D eigenvalue weighted by Crippen LogP contribution is 2.24. The topological polar surface area (TPSA) is 49.5 Å². The lowest BCUT2D eigenvalue weighted by atomic mass is 10.2. The first-order valence-corrected chi connectivity index (χ1v) is 3.37. The van der Waals surface area contributed by atoms with Crippen LogP contribution in [0, 0.1) is 0 Å². The number of hydrogen-bond donors (Lipinski definition) is 2. The van der Waals surface area contributed by atoms with E-state index in [1.54, 1.807) is 12.1 Å². The van der Waals surface area contributed by atoms with Gasteiger partial charge in [-0.15, -0.1) is 0 Å². The molecule has 0 saturated carbocycles. The van der Waals surface area contributed by atoms with Crippen molar-refractivity contribution >= 4 is 11.4 Å². The van der Waals surface area contributed by atoms with Crippen molar-refractivity contribution in [3.8, 4) is 5.75 Å². The van der Waals surface area contributed by atoms with Crippen LogP contribution in [-0.4, -0.2) is 19.2 Å². The minimum Gasteiger partial charge on any atom is -0.508 e. The summed E-state index contributed by atoms with van der Waals surface area (Å²) in [7, 11) is 3.81. The molecule has 0 spiro atoms. The summed E-state index contributed by atoms with van der Waals surface area (Å²) in [6, 6.07) is 4.94. The number of phenolic OH excluding ortho intramolecular Hbond substituents is 1. The van der Waals surface area contributed by atoms with Crippen LogP contribution in [0.1, 0.15) is 0 Å². The van der Waals surface area contributed by atoms with Crippen molar-refractivity contribution in [3.63, 3.8) is 0 Å². The standard InChI is InChI=1S/C8H12N2O/c1-10(2)8-4-3-6(11)5-7(8)9/h3-5,11H,9H2,1-2H3. The minimum absolute atomic E-state index is 0.202. The molecular formula is C8H12N2O. The van der Waals surface area contributed by atoms with Crippen molar-refractivity contribution in [3.05, 3.63) is 18.2 Å². The van der Waals surface area contributed by atoms with E-state index in [0.717, 1.165) is 5.69 Å². The Morgan fingerprint density at radius 3 is 2.45 bits per heavy atom. The van der Waals surface area contributed by atoms with E-state index in [0.29, 0.717) is 5.69 Å². The number of phenols is 1. The van der Waals surface area contributed by atoms with Gasteiger partial charge in [0.1, 0.15) is 5.75 Å². The summed E-state index contributed by atoms with van der Waals surface area (Å²) in [6.45, 7) is 0. The summed E-state index contributed by atoms with van der Waals surface area (Å²) in [5.41, 5.74) is 7.13. The van der Waals surface area contributed by atoms with Crippen molar-refractivity contribution in [1.29, 1.82) is 0 Å². The molecule has 0 amide bonds. The van der Waals surface area contributed by atoms with Gasteiger partial charge in [0.25, 0.3) is 0 Å². The van der Waals surface area contributed by atoms with Crippen LogP contribution in [0.25, 0.3) is 0 Å². The highest BCUT2D eigenvalue weighted by atomic mass is 16.3. The molecule has 60 valence electrons. The Morgan fingerprint density at radius 1 is 1.36 bits per heavy atom. The number of nitrogens with two attached hydrogens (primary N) is 1. The Labute approximate surface area is 66.1 Å². The van der Waals surface area contributed by atoms with Crippen LogP contribution in [0.15, 0.2) is 18.2 Å². The van der Waals surface area contributed by atoms with Gasteiger partial charge >= 0.3 is 0 Å². The van der Waals surface area contributed by atoms with E-state index in [-0.39, 0.29) is 5.75 Å². The monoisotopic (exact) mass is 152 g/mol. The van der Waals surface area contributed by atoms with Gasteiger partial charge in [-0.3, -0.25) is 0 Å². The van der Waals surface area contributed by atoms with Crippen LogP contribution in [-0.2, 0) is 0 Å². The van der Waals surface area contributed by atoms with E-state index in [9.17, 15) is 0 Å². The van der Waals surface area contributed by atoms with Crippen LogP contribution < -0.4 is 10.6 Å². The Balaban J connectivity index is 3.09. The second-order valence-electron chi connectivity index (χ2n) is 2.64. The lowest BCUT2D eigenvalue weighted by molar-refractivity contribution is 0.475. The summed E-state index contributed by atoms with van der Waals surface area (Å²) in [4.78, 5) is 1.90. The summed E-state index contributed by atoms with van der Waals surface area (Å²) in [6.07, 6.45) is 0. The third-order valence-corrected chi connectivity index (χ3v) is 1.49. The average Bonchev–Trinajstić information content (AvgIpc) is 1.85. The van der Waals surface area contributed by atoms with Gasteiger partial charge in [-0.25, -0.2) is 0 Å². The molecule has 0 saturated heterocycles. The van der Waals surface area contributed by atoms with Gasteiger partial charge in [0.05, 0.1) is 11.4 Å². The molecule has 0 aliphatic heterocycles. The van der Waals surface area contributed by atoms with Gasteiger partial charge in [-0.05, 0) is 12.1 Å². The van der Waals surface area contributed by atoms with Crippen molar-refractivity contribution in [2.75, 3.05) is 24.7 Å². The van der Waals surface area contributed by atoms with Crippen LogP contribution in [0.3, 0.4) is 0 Å². The largest absolute Gasteiger partial charge is 0.508 e. The summed E-state index contributed by atoms with van der Waals surface area (Å²) in [5.74, 6) is 0.202. The molecule has 0 aromatic heterocycles. The van der Waals surface area contributed by atoms with Crippen LogP contribution in [0.2, 0.25) is 0 Å². The molecule has 1 aromatic carbocycles. The number of benzene rings is 1. The number of nitrogens with zero attached hydrogens (tertiary/aromatic N) is 1. The number of aromatic hydroxyl groups is 1. The number of hydrogen-bond acceptors (Lipinski definition) is 3. The van der Waals surface area contributed by atoms with E-state index in [1.165, 1.54) is 6.07 Å². The molecule has 0 atom stereocenters. The molecule has 0 aliphatic carbocycles. The molecule has 1 aromatic rings. The molecule has 0 radical (unpaired) electrons. The van der Waals surface area contributed by atoms with Gasteiger partial charge in [-0.2, -0.15) is 0 Å². The molecule has 11 heavy (non-hydrogen) atoms. The summed E-state index contributed by atoms with van der Waals surface area (Å²) < 4.78 is 0. The summed E-state index contributed by atoms with van der Waals surface area (Å²) >= 11 is 0. The van der Waals surface area contributed by atoms with Gasteiger partial charge in [0.15, 0.2) is 0 Å². The van der Waals surface area contributed by atoms with E-state index >= 15 is 0 Å². The second kappa shape index (κ2) is 2.70. The SMILES string of the molecule is CN(C)c1ccc(O)cc1N. The number of rotatable bonds is 1. The predicted octanol–water partition coefficient (Wildman–Crippen LogP) is 1.04. The molecule has 0 aliphatic rings. The maximum absolute atomic E-state index is 9.02. The quantitative estimate of drug-likeness (QED) is 0.591. The fourth-order valence-electron chi connectivity index (χ4n) is 0.949. The van der Waals surface area contributed by atoms with E-state index in [1.807, 2.05) is 19.0 Å². The zero-order chi connectivity index (χ0) is 8.43.